The van der Waals surface area contributed by atoms with E-state index in [4.69, 9.17) is 11.6 Å². The Labute approximate surface area is 138 Å². The van der Waals surface area contributed by atoms with Crippen molar-refractivity contribution in [2.75, 3.05) is 6.61 Å². The van der Waals surface area contributed by atoms with E-state index in [0.717, 1.165) is 17.1 Å². The third kappa shape index (κ3) is 4.10. The molecule has 0 aliphatic carbocycles. The number of hydrogen-bond acceptors (Lipinski definition) is 2. The molecule has 2 aromatic carbocycles. The first-order valence-electron chi connectivity index (χ1n) is 7.58. The van der Waals surface area contributed by atoms with Gasteiger partial charge in [0.05, 0.1) is 0 Å². The van der Waals surface area contributed by atoms with E-state index < -0.39 is 0 Å². The number of halogens is 1. The molecule has 0 saturated heterocycles. The van der Waals surface area contributed by atoms with Crippen LogP contribution in [0.4, 0.5) is 0 Å². The van der Waals surface area contributed by atoms with Crippen LogP contribution in [0.2, 0.25) is 5.02 Å². The SMILES string of the molecule is Cc1cc(CNC(c2ccccc2)C(C)(C)CO)ccc1Cl. The number of hydrogen-bond donors (Lipinski definition) is 2. The number of nitrogens with one attached hydrogen (secondary N) is 1. The van der Waals surface area contributed by atoms with Gasteiger partial charge in [-0.2, -0.15) is 0 Å². The highest BCUT2D eigenvalue weighted by molar-refractivity contribution is 6.31. The maximum absolute atomic E-state index is 9.75. The van der Waals surface area contributed by atoms with Crippen LogP contribution in [0.15, 0.2) is 48.5 Å². The molecule has 2 rings (SSSR count). The first kappa shape index (κ1) is 17.0. The lowest BCUT2D eigenvalue weighted by molar-refractivity contribution is 0.114. The monoisotopic (exact) mass is 317 g/mol. The van der Waals surface area contributed by atoms with Gasteiger partial charge in [0.25, 0.3) is 0 Å². The minimum Gasteiger partial charge on any atom is -0.396 e. The molecule has 1 atom stereocenters. The van der Waals surface area contributed by atoms with Crippen molar-refractivity contribution in [1.29, 1.82) is 0 Å². The summed E-state index contributed by atoms with van der Waals surface area (Å²) in [7, 11) is 0. The van der Waals surface area contributed by atoms with Crippen LogP contribution in [-0.2, 0) is 6.54 Å². The Morgan fingerprint density at radius 1 is 1.14 bits per heavy atom. The van der Waals surface area contributed by atoms with Crippen LogP contribution in [-0.4, -0.2) is 11.7 Å². The van der Waals surface area contributed by atoms with Gasteiger partial charge in [-0.05, 0) is 29.7 Å². The molecule has 3 heteroatoms. The lowest BCUT2D eigenvalue weighted by Gasteiger charge is -2.34. The molecule has 118 valence electrons. The zero-order chi connectivity index (χ0) is 16.2. The van der Waals surface area contributed by atoms with Crippen LogP contribution < -0.4 is 5.32 Å². The molecule has 0 spiro atoms. The topological polar surface area (TPSA) is 32.3 Å². The second-order valence-electron chi connectivity index (χ2n) is 6.45. The van der Waals surface area contributed by atoms with Crippen LogP contribution in [0.3, 0.4) is 0 Å². The van der Waals surface area contributed by atoms with E-state index in [0.29, 0.717) is 0 Å². The lowest BCUT2D eigenvalue weighted by Crippen LogP contribution is -2.36. The van der Waals surface area contributed by atoms with Gasteiger partial charge in [0, 0.05) is 29.6 Å². The molecule has 0 bridgehead atoms. The molecule has 2 N–H and O–H groups in total. The Hall–Kier alpha value is -1.35. The van der Waals surface area contributed by atoms with Crippen molar-refractivity contribution >= 4 is 11.6 Å². The van der Waals surface area contributed by atoms with Gasteiger partial charge in [0.1, 0.15) is 0 Å². The van der Waals surface area contributed by atoms with Crippen molar-refractivity contribution in [2.45, 2.75) is 33.4 Å². The fourth-order valence-corrected chi connectivity index (χ4v) is 2.74. The Balaban J connectivity index is 2.18. The summed E-state index contributed by atoms with van der Waals surface area (Å²) >= 11 is 6.08. The number of aliphatic hydroxyl groups excluding tert-OH is 1. The van der Waals surface area contributed by atoms with Gasteiger partial charge in [-0.25, -0.2) is 0 Å². The summed E-state index contributed by atoms with van der Waals surface area (Å²) in [4.78, 5) is 0. The summed E-state index contributed by atoms with van der Waals surface area (Å²) in [6, 6.07) is 16.4. The quantitative estimate of drug-likeness (QED) is 0.822. The van der Waals surface area contributed by atoms with Crippen LogP contribution >= 0.6 is 11.6 Å². The second kappa shape index (κ2) is 7.28. The third-order valence-electron chi connectivity index (χ3n) is 4.05. The molecule has 0 radical (unpaired) electrons. The van der Waals surface area contributed by atoms with Crippen molar-refractivity contribution in [1.82, 2.24) is 5.32 Å². The van der Waals surface area contributed by atoms with Crippen LogP contribution in [0.1, 0.15) is 36.6 Å². The van der Waals surface area contributed by atoms with Crippen molar-refractivity contribution in [3.8, 4) is 0 Å². The Kier molecular flexibility index (Phi) is 5.63. The van der Waals surface area contributed by atoms with Crippen LogP contribution in [0.25, 0.3) is 0 Å². The van der Waals surface area contributed by atoms with Gasteiger partial charge >= 0.3 is 0 Å². The predicted molar refractivity (Wildman–Crippen MR) is 93.1 cm³/mol. The van der Waals surface area contributed by atoms with Crippen LogP contribution in [0, 0.1) is 12.3 Å². The summed E-state index contributed by atoms with van der Waals surface area (Å²) in [5.41, 5.74) is 3.21. The smallest absolute Gasteiger partial charge is 0.0500 e. The maximum Gasteiger partial charge on any atom is 0.0500 e. The molecular weight excluding hydrogens is 294 g/mol. The van der Waals surface area contributed by atoms with Crippen molar-refractivity contribution in [3.05, 3.63) is 70.2 Å². The number of benzene rings is 2. The Bertz CT molecular complexity index is 610. The molecule has 2 nitrogen and oxygen atoms in total. The van der Waals surface area contributed by atoms with E-state index in [2.05, 4.69) is 37.4 Å². The predicted octanol–water partition coefficient (Wildman–Crippen LogP) is 4.50. The average Bonchev–Trinajstić information content (AvgIpc) is 2.52. The van der Waals surface area contributed by atoms with Gasteiger partial charge < -0.3 is 10.4 Å². The fraction of sp³-hybridized carbons (Fsp3) is 0.368. The second-order valence-corrected chi connectivity index (χ2v) is 6.86. The normalized spacial score (nSPS) is 13.1. The number of rotatable bonds is 6. The summed E-state index contributed by atoms with van der Waals surface area (Å²) < 4.78 is 0. The highest BCUT2D eigenvalue weighted by Gasteiger charge is 2.29. The van der Waals surface area contributed by atoms with Gasteiger partial charge in [-0.15, -0.1) is 0 Å². The van der Waals surface area contributed by atoms with Gasteiger partial charge in [0.2, 0.25) is 0 Å². The lowest BCUT2D eigenvalue weighted by atomic mass is 9.81. The standard InChI is InChI=1S/C19H24ClNO/c1-14-11-15(9-10-17(14)20)12-21-18(19(2,3)13-22)16-7-5-4-6-8-16/h4-11,18,21-22H,12-13H2,1-3H3. The molecule has 0 heterocycles. The largest absolute Gasteiger partial charge is 0.396 e. The Morgan fingerprint density at radius 3 is 2.41 bits per heavy atom. The van der Waals surface area contributed by atoms with Gasteiger partial charge in [-0.1, -0.05) is 67.9 Å². The fourth-order valence-electron chi connectivity index (χ4n) is 2.62. The molecular formula is C19H24ClNO. The van der Waals surface area contributed by atoms with Crippen molar-refractivity contribution < 1.29 is 5.11 Å². The highest BCUT2D eigenvalue weighted by atomic mass is 35.5. The van der Waals surface area contributed by atoms with E-state index >= 15 is 0 Å². The summed E-state index contributed by atoms with van der Waals surface area (Å²) in [6.07, 6.45) is 0. The number of aliphatic hydroxyl groups is 1. The summed E-state index contributed by atoms with van der Waals surface area (Å²) in [6.45, 7) is 7.02. The van der Waals surface area contributed by atoms with Crippen molar-refractivity contribution in [3.63, 3.8) is 0 Å². The summed E-state index contributed by atoms with van der Waals surface area (Å²) in [5.74, 6) is 0. The van der Waals surface area contributed by atoms with E-state index in [9.17, 15) is 5.11 Å². The first-order chi connectivity index (χ1) is 10.4. The molecule has 2 aromatic rings. The minimum atomic E-state index is -0.247. The Morgan fingerprint density at radius 2 is 1.82 bits per heavy atom. The van der Waals surface area contributed by atoms with Crippen LogP contribution in [0.5, 0.6) is 0 Å². The molecule has 0 saturated carbocycles. The first-order valence-corrected chi connectivity index (χ1v) is 7.96. The highest BCUT2D eigenvalue weighted by Crippen LogP contribution is 2.33. The average molecular weight is 318 g/mol. The summed E-state index contributed by atoms with van der Waals surface area (Å²) in [5, 5.41) is 14.1. The molecule has 0 aliphatic rings. The van der Waals surface area contributed by atoms with E-state index in [1.807, 2.05) is 37.3 Å². The van der Waals surface area contributed by atoms with E-state index in [1.54, 1.807) is 0 Å². The molecule has 0 aliphatic heterocycles. The van der Waals surface area contributed by atoms with Gasteiger partial charge in [-0.3, -0.25) is 0 Å². The van der Waals surface area contributed by atoms with E-state index in [1.165, 1.54) is 11.1 Å². The maximum atomic E-state index is 9.75. The van der Waals surface area contributed by atoms with Gasteiger partial charge in [0.15, 0.2) is 0 Å². The zero-order valence-electron chi connectivity index (χ0n) is 13.4. The minimum absolute atomic E-state index is 0.0784. The molecule has 0 amide bonds. The molecule has 0 fully saturated rings. The molecule has 0 aromatic heterocycles. The van der Waals surface area contributed by atoms with E-state index in [-0.39, 0.29) is 18.1 Å². The molecule has 22 heavy (non-hydrogen) atoms. The number of aryl methyl sites for hydroxylation is 1. The molecule has 1 unspecified atom stereocenters. The zero-order valence-corrected chi connectivity index (χ0v) is 14.2. The van der Waals surface area contributed by atoms with Crippen molar-refractivity contribution in [2.24, 2.45) is 5.41 Å². The third-order valence-corrected chi connectivity index (χ3v) is 4.48.